The lowest BCUT2D eigenvalue weighted by Gasteiger charge is -2.32. The van der Waals surface area contributed by atoms with Crippen LogP contribution < -0.4 is 0 Å². The van der Waals surface area contributed by atoms with Crippen LogP contribution in [0, 0.1) is 0 Å². The van der Waals surface area contributed by atoms with Crippen molar-refractivity contribution in [2.45, 2.75) is 36.6 Å². The largest absolute Gasteiger partial charge is 0.468 e. The van der Waals surface area contributed by atoms with Gasteiger partial charge in [-0.1, -0.05) is 22.4 Å². The van der Waals surface area contributed by atoms with E-state index in [0.29, 0.717) is 6.04 Å². The van der Waals surface area contributed by atoms with E-state index in [1.807, 2.05) is 0 Å². The number of ether oxygens (including phenoxy) is 1. The Morgan fingerprint density at radius 3 is 2.72 bits per heavy atom. The summed E-state index contributed by atoms with van der Waals surface area (Å²) in [5, 5.41) is 0. The van der Waals surface area contributed by atoms with Crippen molar-refractivity contribution in [1.29, 1.82) is 0 Å². The first-order valence-electron chi connectivity index (χ1n) is 6.89. The molecule has 2 fully saturated rings. The normalized spacial score (nSPS) is 28.2. The molecule has 2 heterocycles. The fraction of sp³-hybridized carbons (Fsp3) is 0.923. The SMILES string of the molecule is COC(=O)C(Br)CN1CCC(N2CCCCC2)C1. The zero-order valence-electron chi connectivity index (χ0n) is 11.1. The second-order valence-electron chi connectivity index (χ2n) is 5.29. The Bertz CT molecular complexity index is 282. The van der Waals surface area contributed by atoms with Gasteiger partial charge in [0.1, 0.15) is 4.83 Å². The summed E-state index contributed by atoms with van der Waals surface area (Å²) in [6, 6.07) is 0.697. The molecule has 2 aliphatic rings. The van der Waals surface area contributed by atoms with Gasteiger partial charge >= 0.3 is 5.97 Å². The van der Waals surface area contributed by atoms with E-state index < -0.39 is 0 Å². The first-order chi connectivity index (χ1) is 8.70. The van der Waals surface area contributed by atoms with Crippen LogP contribution in [0.3, 0.4) is 0 Å². The molecule has 2 aliphatic heterocycles. The average molecular weight is 319 g/mol. The van der Waals surface area contributed by atoms with Crippen LogP contribution in [0.15, 0.2) is 0 Å². The summed E-state index contributed by atoms with van der Waals surface area (Å²) in [5.41, 5.74) is 0. The third kappa shape index (κ3) is 3.68. The molecule has 104 valence electrons. The zero-order chi connectivity index (χ0) is 13.0. The number of piperidine rings is 1. The van der Waals surface area contributed by atoms with Crippen LogP contribution in [0.25, 0.3) is 0 Å². The molecule has 0 saturated carbocycles. The summed E-state index contributed by atoms with van der Waals surface area (Å²) in [4.78, 5) is 16.2. The van der Waals surface area contributed by atoms with Gasteiger partial charge in [0.2, 0.25) is 0 Å². The summed E-state index contributed by atoms with van der Waals surface area (Å²) in [7, 11) is 1.44. The summed E-state index contributed by atoms with van der Waals surface area (Å²) in [6.45, 7) is 5.47. The van der Waals surface area contributed by atoms with Crippen molar-refractivity contribution in [1.82, 2.24) is 9.80 Å². The molecular weight excluding hydrogens is 296 g/mol. The lowest BCUT2D eigenvalue weighted by atomic mass is 10.1. The monoisotopic (exact) mass is 318 g/mol. The number of methoxy groups -OCH3 is 1. The van der Waals surface area contributed by atoms with Crippen molar-refractivity contribution in [3.8, 4) is 0 Å². The molecular formula is C13H23BrN2O2. The van der Waals surface area contributed by atoms with Crippen LogP contribution in [0.5, 0.6) is 0 Å². The number of carbonyl (C=O) groups excluding carboxylic acids is 1. The molecule has 0 aromatic heterocycles. The number of alkyl halides is 1. The summed E-state index contributed by atoms with van der Waals surface area (Å²) in [5.74, 6) is -0.170. The van der Waals surface area contributed by atoms with E-state index in [9.17, 15) is 4.79 Å². The minimum Gasteiger partial charge on any atom is -0.468 e. The number of nitrogens with zero attached hydrogens (tertiary/aromatic N) is 2. The molecule has 0 bridgehead atoms. The lowest BCUT2D eigenvalue weighted by molar-refractivity contribution is -0.140. The fourth-order valence-corrected chi connectivity index (χ4v) is 3.59. The molecule has 2 atom stereocenters. The van der Waals surface area contributed by atoms with Gasteiger partial charge in [-0.15, -0.1) is 0 Å². The van der Waals surface area contributed by atoms with Crippen molar-refractivity contribution in [2.75, 3.05) is 39.8 Å². The van der Waals surface area contributed by atoms with Crippen LogP contribution >= 0.6 is 15.9 Å². The fourth-order valence-electron chi connectivity index (χ4n) is 2.99. The van der Waals surface area contributed by atoms with Crippen LogP contribution in [-0.2, 0) is 9.53 Å². The van der Waals surface area contributed by atoms with E-state index >= 15 is 0 Å². The van der Waals surface area contributed by atoms with E-state index in [4.69, 9.17) is 4.74 Å². The third-order valence-electron chi connectivity index (χ3n) is 4.03. The number of carbonyl (C=O) groups is 1. The Labute approximate surface area is 118 Å². The van der Waals surface area contributed by atoms with E-state index in [1.165, 1.54) is 45.9 Å². The summed E-state index contributed by atoms with van der Waals surface area (Å²) >= 11 is 3.40. The predicted octanol–water partition coefficient (Wildman–Crippen LogP) is 1.48. The van der Waals surface area contributed by atoms with Gasteiger partial charge in [-0.3, -0.25) is 9.69 Å². The van der Waals surface area contributed by atoms with Gasteiger partial charge in [-0.2, -0.15) is 0 Å². The molecule has 5 heteroatoms. The van der Waals surface area contributed by atoms with E-state index in [0.717, 1.165) is 19.6 Å². The molecule has 0 spiro atoms. The summed E-state index contributed by atoms with van der Waals surface area (Å²) < 4.78 is 4.74. The van der Waals surface area contributed by atoms with E-state index in [1.54, 1.807) is 0 Å². The predicted molar refractivity (Wildman–Crippen MR) is 75.0 cm³/mol. The highest BCUT2D eigenvalue weighted by molar-refractivity contribution is 9.10. The van der Waals surface area contributed by atoms with Crippen LogP contribution in [0.4, 0.5) is 0 Å². The van der Waals surface area contributed by atoms with Crippen molar-refractivity contribution in [2.24, 2.45) is 0 Å². The number of rotatable bonds is 4. The maximum Gasteiger partial charge on any atom is 0.320 e. The highest BCUT2D eigenvalue weighted by Gasteiger charge is 2.30. The van der Waals surface area contributed by atoms with Gasteiger partial charge in [0.15, 0.2) is 0 Å². The number of esters is 1. The number of hydrogen-bond donors (Lipinski definition) is 0. The Morgan fingerprint density at radius 2 is 2.06 bits per heavy atom. The molecule has 2 rings (SSSR count). The van der Waals surface area contributed by atoms with Gasteiger partial charge in [0.05, 0.1) is 7.11 Å². The van der Waals surface area contributed by atoms with Crippen molar-refractivity contribution >= 4 is 21.9 Å². The van der Waals surface area contributed by atoms with Gasteiger partial charge in [-0.25, -0.2) is 0 Å². The summed E-state index contributed by atoms with van der Waals surface area (Å²) in [6.07, 6.45) is 5.32. The Balaban J connectivity index is 1.75. The lowest BCUT2D eigenvalue weighted by Crippen LogP contribution is -2.41. The topological polar surface area (TPSA) is 32.8 Å². The molecule has 0 radical (unpaired) electrons. The Kier molecular flexibility index (Phi) is 5.45. The van der Waals surface area contributed by atoms with Gasteiger partial charge in [-0.05, 0) is 38.9 Å². The van der Waals surface area contributed by atoms with Gasteiger partial charge in [0, 0.05) is 19.1 Å². The highest BCUT2D eigenvalue weighted by atomic mass is 79.9. The molecule has 0 amide bonds. The van der Waals surface area contributed by atoms with Crippen LogP contribution in [-0.4, -0.2) is 66.5 Å². The first-order valence-corrected chi connectivity index (χ1v) is 7.80. The maximum atomic E-state index is 11.4. The van der Waals surface area contributed by atoms with Crippen molar-refractivity contribution < 1.29 is 9.53 Å². The molecule has 0 aromatic rings. The number of likely N-dealkylation sites (tertiary alicyclic amines) is 2. The standard InChI is InChI=1S/C13H23BrN2O2/c1-18-13(17)12(14)10-15-8-5-11(9-15)16-6-3-2-4-7-16/h11-12H,2-10H2,1H3. The minimum atomic E-state index is -0.192. The minimum absolute atomic E-state index is 0.170. The van der Waals surface area contributed by atoms with E-state index in [-0.39, 0.29) is 10.8 Å². The molecule has 0 N–H and O–H groups in total. The average Bonchev–Trinajstić information content (AvgIpc) is 2.87. The maximum absolute atomic E-state index is 11.4. The second-order valence-corrected chi connectivity index (χ2v) is 6.39. The Hall–Kier alpha value is -0.130. The van der Waals surface area contributed by atoms with E-state index in [2.05, 4.69) is 25.7 Å². The smallest absolute Gasteiger partial charge is 0.320 e. The number of hydrogen-bond acceptors (Lipinski definition) is 4. The molecule has 0 aliphatic carbocycles. The van der Waals surface area contributed by atoms with Crippen LogP contribution in [0.2, 0.25) is 0 Å². The molecule has 18 heavy (non-hydrogen) atoms. The molecule has 0 aromatic carbocycles. The van der Waals surface area contributed by atoms with Crippen LogP contribution in [0.1, 0.15) is 25.7 Å². The molecule has 2 unspecified atom stereocenters. The first kappa shape index (κ1) is 14.3. The zero-order valence-corrected chi connectivity index (χ0v) is 12.7. The van der Waals surface area contributed by atoms with Gasteiger partial charge in [0.25, 0.3) is 0 Å². The number of halogens is 1. The van der Waals surface area contributed by atoms with Crippen molar-refractivity contribution in [3.63, 3.8) is 0 Å². The van der Waals surface area contributed by atoms with Crippen molar-refractivity contribution in [3.05, 3.63) is 0 Å². The van der Waals surface area contributed by atoms with Gasteiger partial charge < -0.3 is 9.64 Å². The third-order valence-corrected chi connectivity index (χ3v) is 4.69. The molecule has 2 saturated heterocycles. The quantitative estimate of drug-likeness (QED) is 0.580. The highest BCUT2D eigenvalue weighted by Crippen LogP contribution is 2.21. The molecule has 4 nitrogen and oxygen atoms in total. The Morgan fingerprint density at radius 1 is 1.33 bits per heavy atom. The second kappa shape index (κ2) is 6.87.